The first-order valence-electron chi connectivity index (χ1n) is 27.5. The minimum atomic E-state index is -0.563. The Kier molecular flexibility index (Phi) is 52.4. The van der Waals surface area contributed by atoms with Crippen molar-refractivity contribution in [3.63, 3.8) is 0 Å². The zero-order valence-corrected chi connectivity index (χ0v) is 42.5. The van der Waals surface area contributed by atoms with Crippen LogP contribution in [0.5, 0.6) is 0 Å². The van der Waals surface area contributed by atoms with Gasteiger partial charge in [-0.2, -0.15) is 0 Å². The van der Waals surface area contributed by atoms with Gasteiger partial charge in [0.25, 0.3) is 0 Å². The molecule has 370 valence electrons. The van der Waals surface area contributed by atoms with Crippen LogP contribution in [0.1, 0.15) is 265 Å². The van der Waals surface area contributed by atoms with Crippen LogP contribution in [0, 0.1) is 0 Å². The first-order valence-corrected chi connectivity index (χ1v) is 27.5. The van der Waals surface area contributed by atoms with E-state index in [1.165, 1.54) is 161 Å². The van der Waals surface area contributed by atoms with Crippen molar-refractivity contribution in [3.05, 3.63) is 72.9 Å². The van der Waals surface area contributed by atoms with Crippen LogP contribution < -0.4 is 0 Å². The van der Waals surface area contributed by atoms with Crippen molar-refractivity contribution >= 4 is 11.9 Å². The standard InChI is InChI=1S/C59H104O5/c1-4-7-10-13-16-19-22-25-28-29-30-31-33-34-37-40-43-46-49-52-58(60)63-56-57(55-62-54-51-48-45-42-39-36-27-24-21-18-15-12-9-6-3)64-59(61)53-50-47-44-41-38-35-32-26-23-20-17-14-11-8-5-2/h8,11,17,20-21,24-26,28,32,38,41,57H,4-7,9-10,12-16,18-19,22-23,27,29-31,33-37,39-40,42-56H2,1-3H3/b11-8-,20-17-,24-21-,28-25-,32-26-,41-38-. The fraction of sp³-hybridized carbons (Fsp3) is 0.763. The first-order chi connectivity index (χ1) is 31.6. The van der Waals surface area contributed by atoms with E-state index in [0.717, 1.165) is 70.6 Å². The summed E-state index contributed by atoms with van der Waals surface area (Å²) in [5, 5.41) is 0. The molecule has 64 heavy (non-hydrogen) atoms. The van der Waals surface area contributed by atoms with Crippen LogP contribution in [-0.2, 0) is 23.8 Å². The SMILES string of the molecule is CC/C=C\C/C=C\C/C=C\C/C=C\CCCCC(=O)OC(COCCCCCCCC/C=C\CCCCCC)COC(=O)CCCCCCCCCCC/C=C\CCCCCCCC. The van der Waals surface area contributed by atoms with Crippen LogP contribution in [0.25, 0.3) is 0 Å². The maximum Gasteiger partial charge on any atom is 0.306 e. The number of ether oxygens (including phenoxy) is 3. The number of carbonyl (C=O) groups is 2. The molecule has 0 fully saturated rings. The summed E-state index contributed by atoms with van der Waals surface area (Å²) in [5.41, 5.74) is 0. The lowest BCUT2D eigenvalue weighted by molar-refractivity contribution is -0.163. The Bertz CT molecular complexity index is 1150. The quantitative estimate of drug-likeness (QED) is 0.0346. The number of carbonyl (C=O) groups excluding carboxylic acids is 2. The molecule has 5 nitrogen and oxygen atoms in total. The van der Waals surface area contributed by atoms with Gasteiger partial charge < -0.3 is 14.2 Å². The summed E-state index contributed by atoms with van der Waals surface area (Å²) >= 11 is 0. The zero-order chi connectivity index (χ0) is 46.3. The highest BCUT2D eigenvalue weighted by Gasteiger charge is 2.17. The molecular formula is C59H104O5. The number of unbranched alkanes of at least 4 members (excludes halogenated alkanes) is 27. The van der Waals surface area contributed by atoms with E-state index < -0.39 is 6.10 Å². The molecule has 5 heteroatoms. The molecule has 0 amide bonds. The van der Waals surface area contributed by atoms with E-state index in [1.807, 2.05) is 0 Å². The monoisotopic (exact) mass is 893 g/mol. The van der Waals surface area contributed by atoms with Crippen molar-refractivity contribution < 1.29 is 23.8 Å². The van der Waals surface area contributed by atoms with Gasteiger partial charge in [0, 0.05) is 19.4 Å². The molecule has 0 N–H and O–H groups in total. The normalized spacial score (nSPS) is 12.7. The van der Waals surface area contributed by atoms with Crippen molar-refractivity contribution in [1.82, 2.24) is 0 Å². The molecule has 0 spiro atoms. The molecule has 0 aliphatic heterocycles. The fourth-order valence-electron chi connectivity index (χ4n) is 7.61. The molecule has 0 aliphatic rings. The molecule has 1 unspecified atom stereocenters. The van der Waals surface area contributed by atoms with Gasteiger partial charge in [-0.3, -0.25) is 9.59 Å². The van der Waals surface area contributed by atoms with Crippen molar-refractivity contribution in [2.45, 2.75) is 271 Å². The molecule has 0 aliphatic carbocycles. The summed E-state index contributed by atoms with van der Waals surface area (Å²) < 4.78 is 17.4. The molecule has 0 rings (SSSR count). The van der Waals surface area contributed by atoms with Crippen molar-refractivity contribution in [2.75, 3.05) is 19.8 Å². The highest BCUT2D eigenvalue weighted by Crippen LogP contribution is 2.14. The van der Waals surface area contributed by atoms with Gasteiger partial charge in [0.05, 0.1) is 6.61 Å². The molecule has 0 aromatic rings. The molecule has 0 aromatic heterocycles. The van der Waals surface area contributed by atoms with Crippen molar-refractivity contribution in [1.29, 1.82) is 0 Å². The van der Waals surface area contributed by atoms with Gasteiger partial charge in [-0.1, -0.05) is 216 Å². The van der Waals surface area contributed by atoms with E-state index in [-0.39, 0.29) is 25.2 Å². The average molecular weight is 893 g/mol. The maximum atomic E-state index is 12.8. The second kappa shape index (κ2) is 54.7. The van der Waals surface area contributed by atoms with E-state index in [1.54, 1.807) is 0 Å². The summed E-state index contributed by atoms with van der Waals surface area (Å²) in [6.45, 7) is 7.66. The maximum absolute atomic E-state index is 12.8. The Morgan fingerprint density at radius 1 is 0.359 bits per heavy atom. The van der Waals surface area contributed by atoms with Gasteiger partial charge in [-0.05, 0) is 109 Å². The van der Waals surface area contributed by atoms with Gasteiger partial charge in [-0.25, -0.2) is 0 Å². The number of rotatable bonds is 50. The third kappa shape index (κ3) is 52.0. The summed E-state index contributed by atoms with van der Waals surface area (Å²) in [7, 11) is 0. The van der Waals surface area contributed by atoms with Crippen LogP contribution in [0.2, 0.25) is 0 Å². The molecule has 1 atom stereocenters. The van der Waals surface area contributed by atoms with Gasteiger partial charge >= 0.3 is 11.9 Å². The highest BCUT2D eigenvalue weighted by molar-refractivity contribution is 5.70. The Morgan fingerprint density at radius 2 is 0.703 bits per heavy atom. The second-order valence-corrected chi connectivity index (χ2v) is 18.1. The zero-order valence-electron chi connectivity index (χ0n) is 42.5. The largest absolute Gasteiger partial charge is 0.462 e. The minimum absolute atomic E-state index is 0.0641. The average Bonchev–Trinajstić information content (AvgIpc) is 3.30. The van der Waals surface area contributed by atoms with E-state index in [2.05, 4.69) is 93.7 Å². The van der Waals surface area contributed by atoms with E-state index in [9.17, 15) is 9.59 Å². The van der Waals surface area contributed by atoms with Gasteiger partial charge in [0.1, 0.15) is 6.61 Å². The van der Waals surface area contributed by atoms with Crippen molar-refractivity contribution in [3.8, 4) is 0 Å². The molecular weight excluding hydrogens is 789 g/mol. The van der Waals surface area contributed by atoms with E-state index in [4.69, 9.17) is 14.2 Å². The number of esters is 2. The molecule has 0 radical (unpaired) electrons. The van der Waals surface area contributed by atoms with Gasteiger partial charge in [-0.15, -0.1) is 0 Å². The molecule has 0 bridgehead atoms. The molecule has 0 saturated heterocycles. The van der Waals surface area contributed by atoms with E-state index >= 15 is 0 Å². The number of allylic oxidation sites excluding steroid dienone is 12. The predicted molar refractivity (Wildman–Crippen MR) is 279 cm³/mol. The van der Waals surface area contributed by atoms with Crippen LogP contribution in [0.15, 0.2) is 72.9 Å². The summed E-state index contributed by atoms with van der Waals surface area (Å²) in [5.74, 6) is -0.445. The third-order valence-electron chi connectivity index (χ3n) is 11.7. The Hall–Kier alpha value is -2.66. The fourth-order valence-corrected chi connectivity index (χ4v) is 7.61. The Balaban J connectivity index is 4.31. The summed E-state index contributed by atoms with van der Waals surface area (Å²) in [6, 6.07) is 0. The lowest BCUT2D eigenvalue weighted by Gasteiger charge is -2.18. The van der Waals surface area contributed by atoms with Crippen molar-refractivity contribution in [2.24, 2.45) is 0 Å². The van der Waals surface area contributed by atoms with Crippen LogP contribution in [0.3, 0.4) is 0 Å². The van der Waals surface area contributed by atoms with Crippen LogP contribution in [-0.4, -0.2) is 37.9 Å². The Morgan fingerprint density at radius 3 is 1.19 bits per heavy atom. The topological polar surface area (TPSA) is 61.8 Å². The summed E-state index contributed by atoms with van der Waals surface area (Å²) in [6.07, 6.45) is 70.6. The number of hydrogen-bond donors (Lipinski definition) is 0. The van der Waals surface area contributed by atoms with Crippen LogP contribution >= 0.6 is 0 Å². The first kappa shape index (κ1) is 61.3. The highest BCUT2D eigenvalue weighted by atomic mass is 16.6. The smallest absolute Gasteiger partial charge is 0.306 e. The number of hydrogen-bond acceptors (Lipinski definition) is 5. The molecule has 0 aromatic carbocycles. The predicted octanol–water partition coefficient (Wildman–Crippen LogP) is 18.7. The summed E-state index contributed by atoms with van der Waals surface area (Å²) in [4.78, 5) is 25.4. The lowest BCUT2D eigenvalue weighted by Crippen LogP contribution is -2.30. The van der Waals surface area contributed by atoms with Gasteiger partial charge in [0.15, 0.2) is 6.10 Å². The van der Waals surface area contributed by atoms with Gasteiger partial charge in [0.2, 0.25) is 0 Å². The van der Waals surface area contributed by atoms with Crippen LogP contribution in [0.4, 0.5) is 0 Å². The molecule has 0 saturated carbocycles. The second-order valence-electron chi connectivity index (χ2n) is 18.1. The molecule has 0 heterocycles. The Labute approximate surface area is 397 Å². The van der Waals surface area contributed by atoms with E-state index in [0.29, 0.717) is 19.4 Å². The minimum Gasteiger partial charge on any atom is -0.462 e. The third-order valence-corrected chi connectivity index (χ3v) is 11.7. The lowest BCUT2D eigenvalue weighted by atomic mass is 10.1.